The van der Waals surface area contributed by atoms with Gasteiger partial charge in [-0.2, -0.15) is 0 Å². The zero-order chi connectivity index (χ0) is 23.4. The lowest BCUT2D eigenvalue weighted by Crippen LogP contribution is -2.36. The van der Waals surface area contributed by atoms with E-state index in [2.05, 4.69) is 10.6 Å². The SMILES string of the molecule is COc1cccc(CNC(=O)c2cn(C3CCCCC3)cc(C(=O)NC3CC3)c2=O)c1OC. The molecule has 8 nitrogen and oxygen atoms in total. The van der Waals surface area contributed by atoms with Crippen molar-refractivity contribution in [3.8, 4) is 11.5 Å². The molecule has 0 atom stereocenters. The highest BCUT2D eigenvalue weighted by Gasteiger charge is 2.27. The Bertz CT molecular complexity index is 1080. The third-order valence-corrected chi connectivity index (χ3v) is 6.37. The van der Waals surface area contributed by atoms with Gasteiger partial charge in [0.05, 0.1) is 14.2 Å². The average molecular weight is 454 g/mol. The van der Waals surface area contributed by atoms with Gasteiger partial charge in [-0.1, -0.05) is 31.4 Å². The van der Waals surface area contributed by atoms with Crippen molar-refractivity contribution in [3.63, 3.8) is 0 Å². The van der Waals surface area contributed by atoms with Crippen LogP contribution < -0.4 is 25.5 Å². The maximum Gasteiger partial charge on any atom is 0.257 e. The summed E-state index contributed by atoms with van der Waals surface area (Å²) in [6.45, 7) is 0.153. The lowest BCUT2D eigenvalue weighted by molar-refractivity contribution is 0.0947. The molecule has 0 bridgehead atoms. The minimum absolute atomic E-state index is 0.0223. The Morgan fingerprint density at radius 3 is 2.30 bits per heavy atom. The number of nitrogens with one attached hydrogen (secondary N) is 2. The predicted octanol–water partition coefficient (Wildman–Crippen LogP) is 3.19. The number of rotatable bonds is 8. The van der Waals surface area contributed by atoms with Crippen molar-refractivity contribution in [2.24, 2.45) is 0 Å². The highest BCUT2D eigenvalue weighted by molar-refractivity contribution is 5.99. The number of aromatic nitrogens is 1. The summed E-state index contributed by atoms with van der Waals surface area (Å²) in [5, 5.41) is 5.69. The molecular weight excluding hydrogens is 422 g/mol. The summed E-state index contributed by atoms with van der Waals surface area (Å²) in [5.74, 6) is 0.159. The first-order chi connectivity index (χ1) is 16.0. The number of carbonyl (C=O) groups is 2. The van der Waals surface area contributed by atoms with Gasteiger partial charge in [-0.15, -0.1) is 0 Å². The minimum Gasteiger partial charge on any atom is -0.493 e. The summed E-state index contributed by atoms with van der Waals surface area (Å²) in [4.78, 5) is 39.0. The largest absolute Gasteiger partial charge is 0.493 e. The first-order valence-electron chi connectivity index (χ1n) is 11.6. The highest BCUT2D eigenvalue weighted by atomic mass is 16.5. The zero-order valence-electron chi connectivity index (χ0n) is 19.2. The Morgan fingerprint density at radius 1 is 0.970 bits per heavy atom. The van der Waals surface area contributed by atoms with E-state index in [1.54, 1.807) is 25.6 Å². The van der Waals surface area contributed by atoms with Crippen molar-refractivity contribution in [2.75, 3.05) is 14.2 Å². The summed E-state index contributed by atoms with van der Waals surface area (Å²) in [5.41, 5.74) is 0.181. The van der Waals surface area contributed by atoms with E-state index < -0.39 is 17.2 Å². The molecule has 2 aliphatic carbocycles. The zero-order valence-corrected chi connectivity index (χ0v) is 19.2. The second kappa shape index (κ2) is 10.1. The van der Waals surface area contributed by atoms with Crippen LogP contribution in [0.5, 0.6) is 11.5 Å². The Balaban J connectivity index is 1.61. The van der Waals surface area contributed by atoms with Gasteiger partial charge >= 0.3 is 0 Å². The Kier molecular flexibility index (Phi) is 7.01. The number of benzene rings is 1. The van der Waals surface area contributed by atoms with E-state index in [0.29, 0.717) is 11.5 Å². The molecule has 4 rings (SSSR count). The molecule has 0 spiro atoms. The third kappa shape index (κ3) is 5.21. The number of nitrogens with zero attached hydrogens (tertiary/aromatic N) is 1. The van der Waals surface area contributed by atoms with Crippen LogP contribution in [0.15, 0.2) is 35.4 Å². The van der Waals surface area contributed by atoms with E-state index in [-0.39, 0.29) is 29.8 Å². The van der Waals surface area contributed by atoms with Gasteiger partial charge in [-0.25, -0.2) is 0 Å². The van der Waals surface area contributed by atoms with Gasteiger partial charge in [0.25, 0.3) is 11.8 Å². The Hall–Kier alpha value is -3.29. The molecule has 2 saturated carbocycles. The third-order valence-electron chi connectivity index (χ3n) is 6.37. The molecule has 2 fully saturated rings. The number of pyridine rings is 1. The summed E-state index contributed by atoms with van der Waals surface area (Å²) < 4.78 is 12.6. The minimum atomic E-state index is -0.546. The number of carbonyl (C=O) groups excluding carboxylic acids is 2. The van der Waals surface area contributed by atoms with Crippen molar-refractivity contribution in [3.05, 3.63) is 57.5 Å². The molecule has 0 saturated heterocycles. The predicted molar refractivity (Wildman–Crippen MR) is 124 cm³/mol. The summed E-state index contributed by atoms with van der Waals surface area (Å²) in [6.07, 6.45) is 10.4. The first-order valence-corrected chi connectivity index (χ1v) is 11.6. The van der Waals surface area contributed by atoms with E-state index in [0.717, 1.165) is 44.1 Å². The molecule has 2 N–H and O–H groups in total. The lowest BCUT2D eigenvalue weighted by atomic mass is 9.95. The summed E-state index contributed by atoms with van der Waals surface area (Å²) in [7, 11) is 3.08. The molecule has 176 valence electrons. The number of hydrogen-bond acceptors (Lipinski definition) is 5. The van der Waals surface area contributed by atoms with Gasteiger partial charge < -0.3 is 24.7 Å². The van der Waals surface area contributed by atoms with Crippen LogP contribution in [0, 0.1) is 0 Å². The fourth-order valence-corrected chi connectivity index (χ4v) is 4.37. The van der Waals surface area contributed by atoms with Crippen molar-refractivity contribution < 1.29 is 19.1 Å². The van der Waals surface area contributed by atoms with Crippen molar-refractivity contribution in [2.45, 2.75) is 63.6 Å². The molecule has 0 radical (unpaired) electrons. The van der Waals surface area contributed by atoms with Gasteiger partial charge in [-0.05, 0) is 31.7 Å². The van der Waals surface area contributed by atoms with Crippen molar-refractivity contribution in [1.29, 1.82) is 0 Å². The van der Waals surface area contributed by atoms with Crippen LogP contribution >= 0.6 is 0 Å². The second-order valence-electron chi connectivity index (χ2n) is 8.74. The molecule has 0 unspecified atom stereocenters. The van der Waals surface area contributed by atoms with E-state index in [4.69, 9.17) is 9.47 Å². The lowest BCUT2D eigenvalue weighted by Gasteiger charge is -2.25. The normalized spacial score (nSPS) is 16.2. The van der Waals surface area contributed by atoms with Gasteiger partial charge in [0.2, 0.25) is 5.43 Å². The standard InChI is InChI=1S/C25H31N3O5/c1-32-21-10-6-7-16(23(21)33-2)13-26-24(30)19-14-28(18-8-4-3-5-9-18)15-20(22(19)29)25(31)27-17-11-12-17/h6-7,10,14-15,17-18H,3-5,8-9,11-13H2,1-2H3,(H,26,30)(H,27,31). The smallest absolute Gasteiger partial charge is 0.257 e. The molecule has 0 aliphatic heterocycles. The molecule has 1 aromatic carbocycles. The van der Waals surface area contributed by atoms with Gasteiger partial charge in [0.15, 0.2) is 11.5 Å². The van der Waals surface area contributed by atoms with E-state index in [1.807, 2.05) is 16.7 Å². The maximum absolute atomic E-state index is 13.1. The molecular formula is C25H31N3O5. The fraction of sp³-hybridized carbons (Fsp3) is 0.480. The van der Waals surface area contributed by atoms with Crippen LogP contribution in [0.3, 0.4) is 0 Å². The molecule has 2 aliphatic rings. The van der Waals surface area contributed by atoms with Crippen LogP contribution in [0.4, 0.5) is 0 Å². The van der Waals surface area contributed by atoms with Crippen molar-refractivity contribution in [1.82, 2.24) is 15.2 Å². The van der Waals surface area contributed by atoms with Crippen LogP contribution in [-0.4, -0.2) is 36.6 Å². The maximum atomic E-state index is 13.1. The number of ether oxygens (including phenoxy) is 2. The first kappa shape index (κ1) is 22.9. The van der Waals surface area contributed by atoms with E-state index >= 15 is 0 Å². The summed E-state index contributed by atoms with van der Waals surface area (Å²) >= 11 is 0. The topological polar surface area (TPSA) is 98.7 Å². The number of para-hydroxylation sites is 1. The molecule has 8 heteroatoms. The monoisotopic (exact) mass is 453 g/mol. The van der Waals surface area contributed by atoms with E-state index in [1.165, 1.54) is 13.5 Å². The van der Waals surface area contributed by atoms with Crippen LogP contribution in [0.2, 0.25) is 0 Å². The average Bonchev–Trinajstić information content (AvgIpc) is 3.66. The van der Waals surface area contributed by atoms with Gasteiger partial charge in [0, 0.05) is 36.6 Å². The number of methoxy groups -OCH3 is 2. The molecule has 1 heterocycles. The van der Waals surface area contributed by atoms with Crippen LogP contribution in [0.1, 0.15) is 77.3 Å². The van der Waals surface area contributed by atoms with Crippen LogP contribution in [0.25, 0.3) is 0 Å². The van der Waals surface area contributed by atoms with Gasteiger partial charge in [0.1, 0.15) is 11.1 Å². The van der Waals surface area contributed by atoms with Crippen molar-refractivity contribution >= 4 is 11.8 Å². The molecule has 2 amide bonds. The molecule has 2 aromatic rings. The fourth-order valence-electron chi connectivity index (χ4n) is 4.37. The van der Waals surface area contributed by atoms with Gasteiger partial charge in [-0.3, -0.25) is 14.4 Å². The number of hydrogen-bond donors (Lipinski definition) is 2. The Labute approximate surface area is 193 Å². The molecule has 33 heavy (non-hydrogen) atoms. The second-order valence-corrected chi connectivity index (χ2v) is 8.74. The summed E-state index contributed by atoms with van der Waals surface area (Å²) in [6, 6.07) is 5.70. The van der Waals surface area contributed by atoms with E-state index in [9.17, 15) is 14.4 Å². The Morgan fingerprint density at radius 2 is 1.67 bits per heavy atom. The van der Waals surface area contributed by atoms with Crippen LogP contribution in [-0.2, 0) is 6.54 Å². The number of amides is 2. The highest BCUT2D eigenvalue weighted by Crippen LogP contribution is 2.31. The quantitative estimate of drug-likeness (QED) is 0.640. The molecule has 1 aromatic heterocycles.